The van der Waals surface area contributed by atoms with Crippen LogP contribution in [0.2, 0.25) is 0 Å². The normalized spacial score (nSPS) is 18.4. The highest BCUT2D eigenvalue weighted by Gasteiger charge is 2.21. The minimum Gasteiger partial charge on any atom is -0.465 e. The molecule has 0 amide bonds. The molecule has 0 saturated carbocycles. The van der Waals surface area contributed by atoms with Crippen molar-refractivity contribution in [2.24, 2.45) is 0 Å². The summed E-state index contributed by atoms with van der Waals surface area (Å²) in [6.07, 6.45) is 4.44. The van der Waals surface area contributed by atoms with Gasteiger partial charge in [0.05, 0.1) is 18.7 Å². The van der Waals surface area contributed by atoms with Crippen LogP contribution in [0.1, 0.15) is 23.2 Å². The number of benzene rings is 1. The minimum absolute atomic E-state index is 0.300. The maximum atomic E-state index is 11.4. The van der Waals surface area contributed by atoms with Crippen LogP contribution in [0, 0.1) is 0 Å². The average Bonchev–Trinajstić information content (AvgIpc) is 2.83. The molecule has 0 aliphatic heterocycles. The Balaban J connectivity index is 2.14. The summed E-state index contributed by atoms with van der Waals surface area (Å²) >= 11 is 3.60. The van der Waals surface area contributed by atoms with Gasteiger partial charge in [-0.3, -0.25) is 0 Å². The van der Waals surface area contributed by atoms with Crippen molar-refractivity contribution in [2.75, 3.05) is 19.1 Å². The molecule has 0 N–H and O–H groups in total. The predicted molar refractivity (Wildman–Crippen MR) is 76.2 cm³/mol. The second-order valence-electron chi connectivity index (χ2n) is 4.33. The number of anilines is 1. The van der Waals surface area contributed by atoms with Gasteiger partial charge in [-0.15, -0.1) is 0 Å². The monoisotopic (exact) mass is 309 g/mol. The quantitative estimate of drug-likeness (QED) is 0.802. The van der Waals surface area contributed by atoms with Gasteiger partial charge in [-0.25, -0.2) is 4.79 Å². The summed E-state index contributed by atoms with van der Waals surface area (Å²) in [5, 5.41) is 0. The first-order valence-electron chi connectivity index (χ1n) is 5.90. The first-order chi connectivity index (χ1) is 8.63. The molecular formula is C14H16BrNO2. The average molecular weight is 310 g/mol. The molecule has 0 bridgehead atoms. The number of methoxy groups -OCH3 is 1. The Morgan fingerprint density at radius 3 is 2.56 bits per heavy atom. The highest BCUT2D eigenvalue weighted by molar-refractivity contribution is 9.11. The maximum Gasteiger partial charge on any atom is 0.337 e. The lowest BCUT2D eigenvalue weighted by atomic mass is 10.1. The maximum absolute atomic E-state index is 11.4. The number of hydrogen-bond donors (Lipinski definition) is 0. The van der Waals surface area contributed by atoms with Crippen LogP contribution >= 0.6 is 15.9 Å². The summed E-state index contributed by atoms with van der Waals surface area (Å²) in [5.74, 6) is -0.300. The molecule has 96 valence electrons. The Labute approximate surface area is 116 Å². The van der Waals surface area contributed by atoms with E-state index >= 15 is 0 Å². The van der Waals surface area contributed by atoms with Gasteiger partial charge in [0.2, 0.25) is 0 Å². The Morgan fingerprint density at radius 1 is 1.39 bits per heavy atom. The Bertz CT molecular complexity index is 467. The fourth-order valence-electron chi connectivity index (χ4n) is 2.16. The number of likely N-dealkylation sites (N-methyl/N-ethyl adjacent to an activating group) is 1. The number of esters is 1. The van der Waals surface area contributed by atoms with Crippen molar-refractivity contribution in [3.63, 3.8) is 0 Å². The van der Waals surface area contributed by atoms with Crippen molar-refractivity contribution in [2.45, 2.75) is 18.9 Å². The number of hydrogen-bond acceptors (Lipinski definition) is 3. The van der Waals surface area contributed by atoms with Gasteiger partial charge < -0.3 is 9.64 Å². The van der Waals surface area contributed by atoms with Crippen LogP contribution in [0.4, 0.5) is 5.69 Å². The zero-order chi connectivity index (χ0) is 13.1. The van der Waals surface area contributed by atoms with Crippen molar-refractivity contribution in [1.29, 1.82) is 0 Å². The molecule has 1 atom stereocenters. The van der Waals surface area contributed by atoms with Gasteiger partial charge in [-0.2, -0.15) is 0 Å². The molecule has 0 fully saturated rings. The first kappa shape index (κ1) is 13.1. The van der Waals surface area contributed by atoms with Crippen LogP contribution in [0.25, 0.3) is 0 Å². The summed E-state index contributed by atoms with van der Waals surface area (Å²) in [6, 6.07) is 7.89. The fourth-order valence-corrected chi connectivity index (χ4v) is 2.93. The summed E-state index contributed by atoms with van der Waals surface area (Å²) < 4.78 is 5.92. The summed E-state index contributed by atoms with van der Waals surface area (Å²) in [7, 11) is 3.46. The van der Waals surface area contributed by atoms with E-state index < -0.39 is 0 Å². The van der Waals surface area contributed by atoms with Crippen molar-refractivity contribution < 1.29 is 9.53 Å². The predicted octanol–water partition coefficient (Wildman–Crippen LogP) is 3.35. The molecule has 2 rings (SSSR count). The molecule has 0 radical (unpaired) electrons. The Morgan fingerprint density at radius 2 is 2.06 bits per heavy atom. The van der Waals surface area contributed by atoms with Crippen LogP contribution in [-0.4, -0.2) is 26.2 Å². The second kappa shape index (κ2) is 5.57. The largest absolute Gasteiger partial charge is 0.465 e. The van der Waals surface area contributed by atoms with Gasteiger partial charge in [0.15, 0.2) is 0 Å². The molecule has 1 aromatic carbocycles. The molecule has 18 heavy (non-hydrogen) atoms. The SMILES string of the molecule is COC(=O)c1ccc(N(C)C2CCC=C2Br)cc1. The molecule has 0 heterocycles. The van der Waals surface area contributed by atoms with E-state index in [-0.39, 0.29) is 5.97 Å². The van der Waals surface area contributed by atoms with Crippen molar-refractivity contribution in [1.82, 2.24) is 0 Å². The third kappa shape index (κ3) is 2.58. The van der Waals surface area contributed by atoms with Crippen LogP contribution < -0.4 is 4.90 Å². The number of halogens is 1. The Hall–Kier alpha value is -1.29. The lowest BCUT2D eigenvalue weighted by Crippen LogP contribution is -2.29. The molecule has 1 aliphatic rings. The molecule has 4 heteroatoms. The first-order valence-corrected chi connectivity index (χ1v) is 6.69. The zero-order valence-corrected chi connectivity index (χ0v) is 12.1. The molecule has 0 saturated heterocycles. The van der Waals surface area contributed by atoms with Gasteiger partial charge in [0.1, 0.15) is 0 Å². The highest BCUT2D eigenvalue weighted by atomic mass is 79.9. The molecule has 1 unspecified atom stereocenters. The number of ether oxygens (including phenoxy) is 1. The Kier molecular flexibility index (Phi) is 4.07. The topological polar surface area (TPSA) is 29.5 Å². The van der Waals surface area contributed by atoms with E-state index in [0.29, 0.717) is 11.6 Å². The van der Waals surface area contributed by atoms with Gasteiger partial charge in [-0.05, 0) is 37.1 Å². The fraction of sp³-hybridized carbons (Fsp3) is 0.357. The number of carbonyl (C=O) groups excluding carboxylic acids is 1. The number of rotatable bonds is 3. The van der Waals surface area contributed by atoms with E-state index in [2.05, 4.69) is 38.7 Å². The summed E-state index contributed by atoms with van der Waals surface area (Å²) in [4.78, 5) is 13.6. The van der Waals surface area contributed by atoms with E-state index in [1.165, 1.54) is 11.6 Å². The van der Waals surface area contributed by atoms with Gasteiger partial charge in [-0.1, -0.05) is 22.0 Å². The molecular weight excluding hydrogens is 294 g/mol. The van der Waals surface area contributed by atoms with Crippen LogP contribution in [0.5, 0.6) is 0 Å². The molecule has 0 spiro atoms. The van der Waals surface area contributed by atoms with E-state index in [9.17, 15) is 4.79 Å². The highest BCUT2D eigenvalue weighted by Crippen LogP contribution is 2.31. The van der Waals surface area contributed by atoms with E-state index in [1.54, 1.807) is 12.1 Å². The molecule has 3 nitrogen and oxygen atoms in total. The standard InChI is InChI=1S/C14H16BrNO2/c1-16(13-5-3-4-12(13)15)11-8-6-10(7-9-11)14(17)18-2/h4,6-9,13H,3,5H2,1-2H3. The van der Waals surface area contributed by atoms with E-state index in [4.69, 9.17) is 0 Å². The third-order valence-electron chi connectivity index (χ3n) is 3.26. The molecule has 0 aromatic heterocycles. The van der Waals surface area contributed by atoms with Crippen LogP contribution in [0.3, 0.4) is 0 Å². The smallest absolute Gasteiger partial charge is 0.337 e. The number of allylic oxidation sites excluding steroid dienone is 1. The van der Waals surface area contributed by atoms with Gasteiger partial charge in [0.25, 0.3) is 0 Å². The van der Waals surface area contributed by atoms with Gasteiger partial charge >= 0.3 is 5.97 Å². The zero-order valence-electron chi connectivity index (χ0n) is 10.5. The molecule has 1 aromatic rings. The lowest BCUT2D eigenvalue weighted by Gasteiger charge is -2.27. The molecule has 1 aliphatic carbocycles. The minimum atomic E-state index is -0.300. The third-order valence-corrected chi connectivity index (χ3v) is 4.11. The second-order valence-corrected chi connectivity index (χ2v) is 5.25. The number of nitrogens with zero attached hydrogens (tertiary/aromatic N) is 1. The van der Waals surface area contributed by atoms with E-state index in [0.717, 1.165) is 18.5 Å². The van der Waals surface area contributed by atoms with Gasteiger partial charge in [0, 0.05) is 17.2 Å². The summed E-state index contributed by atoms with van der Waals surface area (Å²) in [5.41, 5.74) is 1.68. The lowest BCUT2D eigenvalue weighted by molar-refractivity contribution is 0.0601. The van der Waals surface area contributed by atoms with Crippen LogP contribution in [0.15, 0.2) is 34.8 Å². The number of carbonyl (C=O) groups is 1. The van der Waals surface area contributed by atoms with Crippen molar-refractivity contribution in [3.05, 3.63) is 40.4 Å². The van der Waals surface area contributed by atoms with Crippen molar-refractivity contribution in [3.8, 4) is 0 Å². The van der Waals surface area contributed by atoms with Crippen LogP contribution in [-0.2, 0) is 4.74 Å². The van der Waals surface area contributed by atoms with E-state index in [1.807, 2.05) is 12.1 Å². The van der Waals surface area contributed by atoms with Crippen molar-refractivity contribution >= 4 is 27.6 Å². The summed E-state index contributed by atoms with van der Waals surface area (Å²) in [6.45, 7) is 0.